The molecule has 0 saturated carbocycles. The van der Waals surface area contributed by atoms with Gasteiger partial charge in [0.05, 0.1) is 6.61 Å². The molecule has 1 amide bonds. The number of hydrogen-bond donors (Lipinski definition) is 2. The van der Waals surface area contributed by atoms with Crippen molar-refractivity contribution >= 4 is 17.3 Å². The van der Waals surface area contributed by atoms with Gasteiger partial charge < -0.3 is 20.7 Å². The van der Waals surface area contributed by atoms with E-state index in [2.05, 4.69) is 10.2 Å². The number of hydrogen-bond acceptors (Lipinski definition) is 4. The van der Waals surface area contributed by atoms with Crippen LogP contribution in [0.3, 0.4) is 0 Å². The minimum Gasteiger partial charge on any atom is -0.399 e. The number of rotatable bonds is 7. The maximum atomic E-state index is 11.9. The van der Waals surface area contributed by atoms with E-state index in [1.165, 1.54) is 6.42 Å². The number of anilines is 2. The normalized spacial score (nSPS) is 18.8. The van der Waals surface area contributed by atoms with Crippen LogP contribution in [0.1, 0.15) is 19.3 Å². The van der Waals surface area contributed by atoms with Crippen molar-refractivity contribution < 1.29 is 9.53 Å². The van der Waals surface area contributed by atoms with Gasteiger partial charge in [0.1, 0.15) is 0 Å². The summed E-state index contributed by atoms with van der Waals surface area (Å²) < 4.78 is 5.19. The number of methoxy groups -OCH3 is 1. The van der Waals surface area contributed by atoms with E-state index in [4.69, 9.17) is 10.5 Å². The van der Waals surface area contributed by atoms with E-state index >= 15 is 0 Å². The van der Waals surface area contributed by atoms with E-state index in [0.717, 1.165) is 38.3 Å². The molecule has 1 fully saturated rings. The second-order valence-corrected chi connectivity index (χ2v) is 5.69. The zero-order valence-corrected chi connectivity index (χ0v) is 12.7. The molecule has 1 saturated heterocycles. The predicted octanol–water partition coefficient (Wildman–Crippen LogP) is 1.96. The van der Waals surface area contributed by atoms with Crippen LogP contribution in [0.25, 0.3) is 0 Å². The van der Waals surface area contributed by atoms with Crippen molar-refractivity contribution in [1.82, 2.24) is 4.90 Å². The average molecular weight is 291 g/mol. The summed E-state index contributed by atoms with van der Waals surface area (Å²) in [5.74, 6) is 0.698. The van der Waals surface area contributed by atoms with Crippen molar-refractivity contribution in [3.63, 3.8) is 0 Å². The van der Waals surface area contributed by atoms with Gasteiger partial charge >= 0.3 is 0 Å². The summed E-state index contributed by atoms with van der Waals surface area (Å²) in [4.78, 5) is 14.3. The van der Waals surface area contributed by atoms with Crippen molar-refractivity contribution in [3.8, 4) is 0 Å². The van der Waals surface area contributed by atoms with Crippen LogP contribution in [0.5, 0.6) is 0 Å². The fourth-order valence-electron chi connectivity index (χ4n) is 2.79. The third-order valence-corrected chi connectivity index (χ3v) is 3.82. The summed E-state index contributed by atoms with van der Waals surface area (Å²) >= 11 is 0. The number of nitrogens with one attached hydrogen (secondary N) is 1. The molecule has 0 bridgehead atoms. The summed E-state index contributed by atoms with van der Waals surface area (Å²) in [5.41, 5.74) is 7.11. The Balaban J connectivity index is 1.64. The Kier molecular flexibility index (Phi) is 6.02. The number of nitrogens with zero attached hydrogens (tertiary/aromatic N) is 1. The number of carbonyl (C=O) groups excluding carboxylic acids is 1. The number of amides is 1. The fourth-order valence-corrected chi connectivity index (χ4v) is 2.79. The monoisotopic (exact) mass is 291 g/mol. The smallest absolute Gasteiger partial charge is 0.224 e. The second kappa shape index (κ2) is 8.00. The van der Waals surface area contributed by atoms with Crippen molar-refractivity contribution in [2.75, 3.05) is 44.4 Å². The minimum atomic E-state index is 0.0493. The van der Waals surface area contributed by atoms with Gasteiger partial charge in [-0.25, -0.2) is 0 Å². The third-order valence-electron chi connectivity index (χ3n) is 3.82. The van der Waals surface area contributed by atoms with Gasteiger partial charge in [-0.1, -0.05) is 6.07 Å². The lowest BCUT2D eigenvalue weighted by Crippen LogP contribution is -2.24. The van der Waals surface area contributed by atoms with Crippen molar-refractivity contribution in [1.29, 1.82) is 0 Å². The lowest BCUT2D eigenvalue weighted by molar-refractivity contribution is -0.116. The Labute approximate surface area is 126 Å². The van der Waals surface area contributed by atoms with Crippen LogP contribution in [0, 0.1) is 5.92 Å². The van der Waals surface area contributed by atoms with Gasteiger partial charge in [0.2, 0.25) is 5.91 Å². The standard InChI is InChI=1S/C16H25N3O2/c1-21-12-13-7-9-19(11-13)8-3-6-16(20)18-15-5-2-4-14(17)10-15/h2,4-5,10,13H,3,6-9,11-12,17H2,1H3,(H,18,20). The molecule has 21 heavy (non-hydrogen) atoms. The molecule has 1 aromatic carbocycles. The molecule has 116 valence electrons. The molecule has 1 heterocycles. The predicted molar refractivity (Wildman–Crippen MR) is 85.1 cm³/mol. The van der Waals surface area contributed by atoms with Gasteiger partial charge in [0.15, 0.2) is 0 Å². The molecule has 3 N–H and O–H groups in total. The Morgan fingerprint density at radius 3 is 3.14 bits per heavy atom. The van der Waals surface area contributed by atoms with Gasteiger partial charge in [-0.05, 0) is 50.0 Å². The summed E-state index contributed by atoms with van der Waals surface area (Å²) in [6, 6.07) is 7.27. The van der Waals surface area contributed by atoms with Crippen LogP contribution >= 0.6 is 0 Å². The lowest BCUT2D eigenvalue weighted by Gasteiger charge is -2.15. The first kappa shape index (κ1) is 15.8. The minimum absolute atomic E-state index is 0.0493. The van der Waals surface area contributed by atoms with Crippen molar-refractivity contribution in [2.24, 2.45) is 5.92 Å². The second-order valence-electron chi connectivity index (χ2n) is 5.69. The van der Waals surface area contributed by atoms with Crippen LogP contribution in [0.4, 0.5) is 11.4 Å². The Morgan fingerprint density at radius 1 is 1.52 bits per heavy atom. The van der Waals surface area contributed by atoms with Gasteiger partial charge in [-0.15, -0.1) is 0 Å². The molecular formula is C16H25N3O2. The Hall–Kier alpha value is -1.59. The number of nitrogen functional groups attached to an aromatic ring is 1. The van der Waals surface area contributed by atoms with E-state index in [1.54, 1.807) is 19.2 Å². The lowest BCUT2D eigenvalue weighted by atomic mass is 10.1. The number of ether oxygens (including phenoxy) is 1. The van der Waals surface area contributed by atoms with E-state index in [1.807, 2.05) is 12.1 Å². The van der Waals surface area contributed by atoms with Crippen LogP contribution in [-0.2, 0) is 9.53 Å². The average Bonchev–Trinajstić information content (AvgIpc) is 2.87. The largest absolute Gasteiger partial charge is 0.399 e. The molecule has 0 spiro atoms. The summed E-state index contributed by atoms with van der Waals surface area (Å²) in [5, 5.41) is 2.88. The number of likely N-dealkylation sites (tertiary alicyclic amines) is 1. The SMILES string of the molecule is COCC1CCN(CCCC(=O)Nc2cccc(N)c2)C1. The van der Waals surface area contributed by atoms with Crippen LogP contribution in [0.2, 0.25) is 0 Å². The van der Waals surface area contributed by atoms with E-state index in [0.29, 0.717) is 18.0 Å². The zero-order chi connectivity index (χ0) is 15.1. The Bertz CT molecular complexity index is 465. The molecule has 5 nitrogen and oxygen atoms in total. The van der Waals surface area contributed by atoms with Gasteiger partial charge in [0.25, 0.3) is 0 Å². The molecule has 2 rings (SSSR count). The number of nitrogens with two attached hydrogens (primary N) is 1. The first-order valence-corrected chi connectivity index (χ1v) is 7.54. The maximum Gasteiger partial charge on any atom is 0.224 e. The highest BCUT2D eigenvalue weighted by Crippen LogP contribution is 2.17. The van der Waals surface area contributed by atoms with Gasteiger partial charge in [-0.2, -0.15) is 0 Å². The molecule has 0 aromatic heterocycles. The highest BCUT2D eigenvalue weighted by atomic mass is 16.5. The highest BCUT2D eigenvalue weighted by Gasteiger charge is 2.21. The van der Waals surface area contributed by atoms with Gasteiger partial charge in [-0.3, -0.25) is 4.79 Å². The zero-order valence-electron chi connectivity index (χ0n) is 12.7. The topological polar surface area (TPSA) is 67.6 Å². The molecule has 1 atom stereocenters. The quantitative estimate of drug-likeness (QED) is 0.754. The Morgan fingerprint density at radius 2 is 2.38 bits per heavy atom. The summed E-state index contributed by atoms with van der Waals surface area (Å²) in [6.45, 7) is 4.02. The molecule has 1 aliphatic heterocycles. The number of carbonyl (C=O) groups is 1. The third kappa shape index (κ3) is 5.36. The van der Waals surface area contributed by atoms with Crippen molar-refractivity contribution in [2.45, 2.75) is 19.3 Å². The molecular weight excluding hydrogens is 266 g/mol. The molecule has 5 heteroatoms. The molecule has 1 unspecified atom stereocenters. The summed E-state index contributed by atoms with van der Waals surface area (Å²) in [7, 11) is 1.75. The van der Waals surface area contributed by atoms with E-state index in [9.17, 15) is 4.79 Å². The molecule has 0 aliphatic carbocycles. The van der Waals surface area contributed by atoms with Crippen LogP contribution in [-0.4, -0.2) is 44.2 Å². The maximum absolute atomic E-state index is 11.9. The van der Waals surface area contributed by atoms with Crippen molar-refractivity contribution in [3.05, 3.63) is 24.3 Å². The van der Waals surface area contributed by atoms with Crippen LogP contribution < -0.4 is 11.1 Å². The first-order chi connectivity index (χ1) is 10.2. The van der Waals surface area contributed by atoms with Gasteiger partial charge in [0, 0.05) is 31.5 Å². The van der Waals surface area contributed by atoms with Crippen LogP contribution in [0.15, 0.2) is 24.3 Å². The van der Waals surface area contributed by atoms with E-state index < -0.39 is 0 Å². The first-order valence-electron chi connectivity index (χ1n) is 7.54. The molecule has 0 radical (unpaired) electrons. The molecule has 1 aliphatic rings. The summed E-state index contributed by atoms with van der Waals surface area (Å²) in [6.07, 6.45) is 2.62. The molecule has 1 aromatic rings. The fraction of sp³-hybridized carbons (Fsp3) is 0.562. The highest BCUT2D eigenvalue weighted by molar-refractivity contribution is 5.91. The van der Waals surface area contributed by atoms with E-state index in [-0.39, 0.29) is 5.91 Å². The number of benzene rings is 1.